The van der Waals surface area contributed by atoms with E-state index < -0.39 is 27.7 Å². The van der Waals surface area contributed by atoms with Gasteiger partial charge in [-0.2, -0.15) is 4.31 Å². The number of hydrogen-bond donors (Lipinski definition) is 0. The Kier molecular flexibility index (Phi) is 4.58. The maximum absolute atomic E-state index is 13.5. The van der Waals surface area contributed by atoms with Crippen LogP contribution in [0.2, 0.25) is 0 Å². The Morgan fingerprint density at radius 2 is 1.56 bits per heavy atom. The summed E-state index contributed by atoms with van der Waals surface area (Å²) in [6, 6.07) is 15.1. The molecule has 0 aliphatic rings. The summed E-state index contributed by atoms with van der Waals surface area (Å²) in [7, 11) is -2.36. The van der Waals surface area contributed by atoms with Crippen LogP contribution in [0.1, 0.15) is 18.5 Å². The zero-order chi connectivity index (χ0) is 18.2. The van der Waals surface area contributed by atoms with Crippen molar-refractivity contribution in [2.75, 3.05) is 7.05 Å². The number of benzene rings is 3. The summed E-state index contributed by atoms with van der Waals surface area (Å²) in [5.41, 5.74) is 0.380. The lowest BCUT2D eigenvalue weighted by Crippen LogP contribution is -2.29. The second-order valence-corrected chi connectivity index (χ2v) is 7.88. The van der Waals surface area contributed by atoms with E-state index in [1.54, 1.807) is 25.1 Å². The molecule has 6 heteroatoms. The standard InChI is InChI=1S/C19H17F2NO2S/c1-13(15-8-10-18(20)19(21)12-15)22(2)25(23,24)17-9-7-14-5-3-4-6-16(14)11-17/h3-13H,1-2H3. The molecule has 0 aromatic heterocycles. The van der Waals surface area contributed by atoms with Crippen molar-refractivity contribution in [3.05, 3.63) is 77.9 Å². The van der Waals surface area contributed by atoms with Crippen molar-refractivity contribution in [2.45, 2.75) is 17.9 Å². The highest BCUT2D eigenvalue weighted by molar-refractivity contribution is 7.89. The molecule has 25 heavy (non-hydrogen) atoms. The summed E-state index contributed by atoms with van der Waals surface area (Å²) in [6.07, 6.45) is 0. The van der Waals surface area contributed by atoms with Gasteiger partial charge >= 0.3 is 0 Å². The van der Waals surface area contributed by atoms with Crippen LogP contribution in [0.4, 0.5) is 8.78 Å². The summed E-state index contributed by atoms with van der Waals surface area (Å²) in [5, 5.41) is 1.76. The maximum atomic E-state index is 13.5. The van der Waals surface area contributed by atoms with Gasteiger partial charge in [0.1, 0.15) is 0 Å². The molecule has 130 valence electrons. The highest BCUT2D eigenvalue weighted by atomic mass is 32.2. The fourth-order valence-electron chi connectivity index (χ4n) is 2.68. The van der Waals surface area contributed by atoms with Crippen molar-refractivity contribution >= 4 is 20.8 Å². The molecule has 0 radical (unpaired) electrons. The number of fused-ring (bicyclic) bond motifs is 1. The maximum Gasteiger partial charge on any atom is 0.243 e. The molecule has 0 aliphatic heterocycles. The third-order valence-electron chi connectivity index (χ3n) is 4.37. The predicted octanol–water partition coefficient (Wildman–Crippen LogP) is 4.50. The molecule has 1 unspecified atom stereocenters. The Labute approximate surface area is 145 Å². The molecule has 0 amide bonds. The Morgan fingerprint density at radius 1 is 0.880 bits per heavy atom. The molecule has 0 saturated carbocycles. The second kappa shape index (κ2) is 6.54. The van der Waals surface area contributed by atoms with Crippen molar-refractivity contribution in [3.8, 4) is 0 Å². The Hall–Kier alpha value is -2.31. The molecular formula is C19H17F2NO2S. The summed E-state index contributed by atoms with van der Waals surface area (Å²) in [6.45, 7) is 1.63. The van der Waals surface area contributed by atoms with Crippen LogP contribution in [-0.2, 0) is 10.0 Å². The fourth-order valence-corrected chi connectivity index (χ4v) is 4.07. The van der Waals surface area contributed by atoms with Crippen LogP contribution >= 0.6 is 0 Å². The van der Waals surface area contributed by atoms with E-state index in [1.165, 1.54) is 13.1 Å². The van der Waals surface area contributed by atoms with Crippen LogP contribution in [0.5, 0.6) is 0 Å². The van der Waals surface area contributed by atoms with Crippen LogP contribution in [0.3, 0.4) is 0 Å². The Balaban J connectivity index is 1.98. The Bertz CT molecular complexity index is 1030. The third kappa shape index (κ3) is 3.27. The van der Waals surface area contributed by atoms with Crippen LogP contribution in [0, 0.1) is 11.6 Å². The summed E-state index contributed by atoms with van der Waals surface area (Å²) in [5.74, 6) is -1.96. The van der Waals surface area contributed by atoms with E-state index in [2.05, 4.69) is 0 Å². The van der Waals surface area contributed by atoms with Gasteiger partial charge in [-0.3, -0.25) is 0 Å². The first kappa shape index (κ1) is 17.5. The minimum Gasteiger partial charge on any atom is -0.207 e. The molecule has 3 rings (SSSR count). The largest absolute Gasteiger partial charge is 0.243 e. The minimum atomic E-state index is -3.78. The highest BCUT2D eigenvalue weighted by Gasteiger charge is 2.27. The van der Waals surface area contributed by atoms with Gasteiger partial charge < -0.3 is 0 Å². The zero-order valence-corrected chi connectivity index (χ0v) is 14.6. The minimum absolute atomic E-state index is 0.156. The van der Waals surface area contributed by atoms with Crippen molar-refractivity contribution in [1.82, 2.24) is 4.31 Å². The smallest absolute Gasteiger partial charge is 0.207 e. The molecule has 0 fully saturated rings. The van der Waals surface area contributed by atoms with Crippen LogP contribution in [0.15, 0.2) is 65.6 Å². The molecule has 0 aliphatic carbocycles. The van der Waals surface area contributed by atoms with Gasteiger partial charge in [-0.25, -0.2) is 17.2 Å². The first-order valence-electron chi connectivity index (χ1n) is 7.72. The number of hydrogen-bond acceptors (Lipinski definition) is 2. The van der Waals surface area contributed by atoms with Crippen LogP contribution < -0.4 is 0 Å². The monoisotopic (exact) mass is 361 g/mol. The van der Waals surface area contributed by atoms with E-state index in [9.17, 15) is 17.2 Å². The molecule has 0 spiro atoms. The summed E-state index contributed by atoms with van der Waals surface area (Å²) in [4.78, 5) is 0.156. The molecule has 0 bridgehead atoms. The molecule has 0 saturated heterocycles. The molecule has 3 aromatic carbocycles. The van der Waals surface area contributed by atoms with E-state index in [-0.39, 0.29) is 4.90 Å². The molecule has 0 heterocycles. The first-order chi connectivity index (χ1) is 11.8. The third-order valence-corrected chi connectivity index (χ3v) is 6.29. The van der Waals surface area contributed by atoms with Crippen molar-refractivity contribution < 1.29 is 17.2 Å². The van der Waals surface area contributed by atoms with Gasteiger partial charge in [0.25, 0.3) is 0 Å². The fraction of sp³-hybridized carbons (Fsp3) is 0.158. The molecule has 0 N–H and O–H groups in total. The lowest BCUT2D eigenvalue weighted by molar-refractivity contribution is 0.395. The molecule has 3 aromatic rings. The van der Waals surface area contributed by atoms with Gasteiger partial charge in [0.05, 0.1) is 4.90 Å². The average molecular weight is 361 g/mol. The van der Waals surface area contributed by atoms with E-state index >= 15 is 0 Å². The molecular weight excluding hydrogens is 344 g/mol. The quantitative estimate of drug-likeness (QED) is 0.686. The van der Waals surface area contributed by atoms with E-state index in [1.807, 2.05) is 24.3 Å². The van der Waals surface area contributed by atoms with E-state index in [4.69, 9.17) is 0 Å². The number of nitrogens with zero attached hydrogens (tertiary/aromatic N) is 1. The molecule has 3 nitrogen and oxygen atoms in total. The number of halogens is 2. The van der Waals surface area contributed by atoms with E-state index in [0.717, 1.165) is 27.2 Å². The average Bonchev–Trinajstić information content (AvgIpc) is 2.62. The van der Waals surface area contributed by atoms with E-state index in [0.29, 0.717) is 5.56 Å². The lowest BCUT2D eigenvalue weighted by Gasteiger charge is -2.25. The van der Waals surface area contributed by atoms with Gasteiger partial charge in [0.2, 0.25) is 10.0 Å². The van der Waals surface area contributed by atoms with Gasteiger partial charge in [-0.1, -0.05) is 36.4 Å². The zero-order valence-electron chi connectivity index (χ0n) is 13.8. The molecule has 1 atom stereocenters. The van der Waals surface area contributed by atoms with Gasteiger partial charge in [-0.15, -0.1) is 0 Å². The Morgan fingerprint density at radius 3 is 2.24 bits per heavy atom. The van der Waals surface area contributed by atoms with Crippen molar-refractivity contribution in [3.63, 3.8) is 0 Å². The topological polar surface area (TPSA) is 37.4 Å². The lowest BCUT2D eigenvalue weighted by atomic mass is 10.1. The second-order valence-electron chi connectivity index (χ2n) is 5.88. The van der Waals surface area contributed by atoms with Gasteiger partial charge in [-0.05, 0) is 47.5 Å². The normalized spacial score (nSPS) is 13.3. The summed E-state index contributed by atoms with van der Waals surface area (Å²) >= 11 is 0. The predicted molar refractivity (Wildman–Crippen MR) is 93.7 cm³/mol. The summed E-state index contributed by atoms with van der Waals surface area (Å²) < 4.78 is 53.5. The van der Waals surface area contributed by atoms with Crippen molar-refractivity contribution in [1.29, 1.82) is 0 Å². The van der Waals surface area contributed by atoms with Gasteiger partial charge in [0, 0.05) is 13.1 Å². The number of sulfonamides is 1. The SMILES string of the molecule is CC(c1ccc(F)c(F)c1)N(C)S(=O)(=O)c1ccc2ccccc2c1. The van der Waals surface area contributed by atoms with Crippen molar-refractivity contribution in [2.24, 2.45) is 0 Å². The number of rotatable bonds is 4. The van der Waals surface area contributed by atoms with Crippen LogP contribution in [0.25, 0.3) is 10.8 Å². The highest BCUT2D eigenvalue weighted by Crippen LogP contribution is 2.28. The first-order valence-corrected chi connectivity index (χ1v) is 9.16. The van der Waals surface area contributed by atoms with Crippen LogP contribution in [-0.4, -0.2) is 19.8 Å². The van der Waals surface area contributed by atoms with Gasteiger partial charge in [0.15, 0.2) is 11.6 Å².